The van der Waals surface area contributed by atoms with E-state index >= 15 is 0 Å². The molecule has 0 aliphatic heterocycles. The Bertz CT molecular complexity index is 1020. The van der Waals surface area contributed by atoms with Crippen molar-refractivity contribution in [3.8, 4) is 5.75 Å². The van der Waals surface area contributed by atoms with Gasteiger partial charge in [-0.25, -0.2) is 4.79 Å². The second kappa shape index (κ2) is 9.13. The molecule has 3 aromatic carbocycles. The molecule has 30 heavy (non-hydrogen) atoms. The number of amides is 3. The maximum atomic E-state index is 12.6. The van der Waals surface area contributed by atoms with E-state index in [2.05, 4.69) is 16.0 Å². The van der Waals surface area contributed by atoms with Crippen molar-refractivity contribution in [3.05, 3.63) is 90.0 Å². The summed E-state index contributed by atoms with van der Waals surface area (Å²) in [6.45, 7) is 0.439. The lowest BCUT2D eigenvalue weighted by Gasteiger charge is -2.10. The van der Waals surface area contributed by atoms with E-state index in [1.54, 1.807) is 42.5 Å². The molecule has 0 aromatic heterocycles. The second-order valence-electron chi connectivity index (χ2n) is 7.21. The molecule has 0 spiro atoms. The van der Waals surface area contributed by atoms with Crippen molar-refractivity contribution in [2.75, 3.05) is 10.6 Å². The van der Waals surface area contributed by atoms with E-state index in [0.717, 1.165) is 18.4 Å². The fourth-order valence-corrected chi connectivity index (χ4v) is 2.89. The van der Waals surface area contributed by atoms with E-state index in [4.69, 9.17) is 4.74 Å². The summed E-state index contributed by atoms with van der Waals surface area (Å²) in [5.41, 5.74) is 2.88. The van der Waals surface area contributed by atoms with Crippen molar-refractivity contribution in [1.29, 1.82) is 0 Å². The molecule has 0 heterocycles. The highest BCUT2D eigenvalue weighted by Gasteiger charge is 2.23. The lowest BCUT2D eigenvalue weighted by Crippen LogP contribution is -2.30. The highest BCUT2D eigenvalue weighted by molar-refractivity contribution is 6.04. The van der Waals surface area contributed by atoms with Crippen LogP contribution in [0, 0.1) is 0 Å². The Morgan fingerprint density at radius 2 is 1.53 bits per heavy atom. The first kappa shape index (κ1) is 19.5. The minimum absolute atomic E-state index is 0.207. The Morgan fingerprint density at radius 1 is 0.833 bits per heavy atom. The zero-order valence-corrected chi connectivity index (χ0v) is 16.4. The molecule has 3 amide bonds. The summed E-state index contributed by atoms with van der Waals surface area (Å²) in [6.07, 6.45) is 2.08. The number of hydrogen-bond donors (Lipinski definition) is 3. The van der Waals surface area contributed by atoms with Gasteiger partial charge in [-0.1, -0.05) is 36.4 Å². The van der Waals surface area contributed by atoms with Crippen LogP contribution in [0.25, 0.3) is 0 Å². The number of rotatable bonds is 7. The SMILES string of the molecule is O=C(Nc1ccc(NC(=O)c2cccc(OCc3ccccc3)c2)cc1)NC1CC1. The number of hydrogen-bond acceptors (Lipinski definition) is 3. The molecule has 152 valence electrons. The van der Waals surface area contributed by atoms with Gasteiger partial charge in [0.1, 0.15) is 12.4 Å². The van der Waals surface area contributed by atoms with Crippen LogP contribution in [0.5, 0.6) is 5.75 Å². The summed E-state index contributed by atoms with van der Waals surface area (Å²) in [6, 6.07) is 24.0. The molecular weight excluding hydrogens is 378 g/mol. The maximum absolute atomic E-state index is 12.6. The molecule has 0 atom stereocenters. The van der Waals surface area contributed by atoms with Crippen LogP contribution in [-0.4, -0.2) is 18.0 Å². The largest absolute Gasteiger partial charge is 0.489 e. The monoisotopic (exact) mass is 401 g/mol. The molecule has 3 N–H and O–H groups in total. The first-order valence-electron chi connectivity index (χ1n) is 9.91. The Labute approximate surface area is 175 Å². The normalized spacial score (nSPS) is 12.7. The van der Waals surface area contributed by atoms with Crippen LogP contribution < -0.4 is 20.7 Å². The van der Waals surface area contributed by atoms with Crippen molar-refractivity contribution in [3.63, 3.8) is 0 Å². The first-order valence-corrected chi connectivity index (χ1v) is 9.91. The predicted molar refractivity (Wildman–Crippen MR) is 117 cm³/mol. The van der Waals surface area contributed by atoms with Gasteiger partial charge in [-0.15, -0.1) is 0 Å². The minimum atomic E-state index is -0.229. The number of ether oxygens (including phenoxy) is 1. The first-order chi connectivity index (χ1) is 14.7. The summed E-state index contributed by atoms with van der Waals surface area (Å²) in [5.74, 6) is 0.403. The van der Waals surface area contributed by atoms with E-state index in [0.29, 0.717) is 35.3 Å². The topological polar surface area (TPSA) is 79.5 Å². The number of nitrogens with one attached hydrogen (secondary N) is 3. The number of carbonyl (C=O) groups is 2. The zero-order chi connectivity index (χ0) is 20.8. The lowest BCUT2D eigenvalue weighted by atomic mass is 10.2. The Morgan fingerprint density at radius 3 is 2.23 bits per heavy atom. The highest BCUT2D eigenvalue weighted by atomic mass is 16.5. The van der Waals surface area contributed by atoms with E-state index in [-0.39, 0.29) is 11.9 Å². The quantitative estimate of drug-likeness (QED) is 0.532. The van der Waals surface area contributed by atoms with Crippen molar-refractivity contribution in [2.45, 2.75) is 25.5 Å². The van der Waals surface area contributed by atoms with E-state index in [1.165, 1.54) is 0 Å². The van der Waals surface area contributed by atoms with Gasteiger partial charge in [-0.2, -0.15) is 0 Å². The Balaban J connectivity index is 1.32. The Hall–Kier alpha value is -3.80. The third-order valence-electron chi connectivity index (χ3n) is 4.66. The molecule has 0 saturated heterocycles. The van der Waals surface area contributed by atoms with Crippen LogP contribution in [-0.2, 0) is 6.61 Å². The van der Waals surface area contributed by atoms with Crippen LogP contribution in [0.3, 0.4) is 0 Å². The summed E-state index contributed by atoms with van der Waals surface area (Å²) >= 11 is 0. The van der Waals surface area contributed by atoms with Crippen LogP contribution in [0.15, 0.2) is 78.9 Å². The fourth-order valence-electron chi connectivity index (χ4n) is 2.89. The third-order valence-corrected chi connectivity index (χ3v) is 4.66. The van der Waals surface area contributed by atoms with Crippen LogP contribution in [0.2, 0.25) is 0 Å². The van der Waals surface area contributed by atoms with Gasteiger partial charge in [-0.3, -0.25) is 4.79 Å². The van der Waals surface area contributed by atoms with Crippen LogP contribution in [0.1, 0.15) is 28.8 Å². The second-order valence-corrected chi connectivity index (χ2v) is 7.21. The summed E-state index contributed by atoms with van der Waals surface area (Å²) < 4.78 is 5.79. The van der Waals surface area contributed by atoms with E-state index in [1.807, 2.05) is 36.4 Å². The van der Waals surface area contributed by atoms with Gasteiger partial charge in [0.25, 0.3) is 5.91 Å². The maximum Gasteiger partial charge on any atom is 0.319 e. The minimum Gasteiger partial charge on any atom is -0.489 e. The molecule has 6 heteroatoms. The van der Waals surface area contributed by atoms with Crippen molar-refractivity contribution in [2.24, 2.45) is 0 Å². The molecule has 0 bridgehead atoms. The zero-order valence-electron chi connectivity index (χ0n) is 16.4. The third kappa shape index (κ3) is 5.61. The van der Waals surface area contributed by atoms with Gasteiger partial charge in [0.15, 0.2) is 0 Å². The molecule has 4 rings (SSSR count). The number of anilines is 2. The number of benzene rings is 3. The van der Waals surface area contributed by atoms with Gasteiger partial charge >= 0.3 is 6.03 Å². The smallest absolute Gasteiger partial charge is 0.319 e. The number of urea groups is 1. The van der Waals surface area contributed by atoms with Gasteiger partial charge in [0, 0.05) is 23.0 Å². The van der Waals surface area contributed by atoms with Gasteiger partial charge < -0.3 is 20.7 Å². The van der Waals surface area contributed by atoms with Crippen LogP contribution in [0.4, 0.5) is 16.2 Å². The number of carbonyl (C=O) groups excluding carboxylic acids is 2. The van der Waals surface area contributed by atoms with Crippen LogP contribution >= 0.6 is 0 Å². The molecule has 1 fully saturated rings. The molecule has 0 unspecified atom stereocenters. The van der Waals surface area contributed by atoms with E-state index < -0.39 is 0 Å². The molecule has 1 saturated carbocycles. The molecular formula is C24H23N3O3. The van der Waals surface area contributed by atoms with Gasteiger partial charge in [-0.05, 0) is 60.9 Å². The molecule has 3 aromatic rings. The van der Waals surface area contributed by atoms with E-state index in [9.17, 15) is 9.59 Å². The average Bonchev–Trinajstić information content (AvgIpc) is 3.58. The van der Waals surface area contributed by atoms with Gasteiger partial charge in [0.2, 0.25) is 0 Å². The molecule has 0 radical (unpaired) electrons. The van der Waals surface area contributed by atoms with Crippen molar-refractivity contribution < 1.29 is 14.3 Å². The van der Waals surface area contributed by atoms with Crippen molar-refractivity contribution in [1.82, 2.24) is 5.32 Å². The van der Waals surface area contributed by atoms with Gasteiger partial charge in [0.05, 0.1) is 0 Å². The average molecular weight is 401 g/mol. The summed E-state index contributed by atoms with van der Waals surface area (Å²) in [5, 5.41) is 8.51. The van der Waals surface area contributed by atoms with Crippen molar-refractivity contribution >= 4 is 23.3 Å². The fraction of sp³-hybridized carbons (Fsp3) is 0.167. The summed E-state index contributed by atoms with van der Waals surface area (Å²) in [4.78, 5) is 24.4. The predicted octanol–water partition coefficient (Wildman–Crippen LogP) is 4.80. The summed E-state index contributed by atoms with van der Waals surface area (Å²) in [7, 11) is 0. The lowest BCUT2D eigenvalue weighted by molar-refractivity contribution is 0.102. The Kier molecular flexibility index (Phi) is 5.94. The standard InChI is InChI=1S/C24H23N3O3/c28-23(18-7-4-8-22(15-18)30-16-17-5-2-1-3-6-17)25-19-9-11-20(12-10-19)26-24(29)27-21-13-14-21/h1-12,15,21H,13-14,16H2,(H,25,28)(H2,26,27,29). The molecule has 1 aliphatic carbocycles. The molecule has 1 aliphatic rings. The highest BCUT2D eigenvalue weighted by Crippen LogP contribution is 2.20. The molecule has 6 nitrogen and oxygen atoms in total.